The van der Waals surface area contributed by atoms with Gasteiger partial charge in [-0.3, -0.25) is 28.5 Å². The lowest BCUT2D eigenvalue weighted by Gasteiger charge is -2.13. The number of allylic oxidation sites excluding steroid dienone is 1. The molecule has 0 aliphatic carbocycles. The first-order chi connectivity index (χ1) is 25.2. The van der Waals surface area contributed by atoms with Gasteiger partial charge in [-0.1, -0.05) is 48.5 Å². The van der Waals surface area contributed by atoms with E-state index in [4.69, 9.17) is 21.3 Å². The smallest absolute Gasteiger partial charge is 0.254 e. The average Bonchev–Trinajstić information content (AvgIpc) is 3.76. The molecule has 13 heteroatoms. The number of thiophene rings is 1. The van der Waals surface area contributed by atoms with Gasteiger partial charge in [0.2, 0.25) is 5.91 Å². The maximum atomic E-state index is 13.2. The van der Waals surface area contributed by atoms with Crippen LogP contribution in [0.2, 0.25) is 5.02 Å². The van der Waals surface area contributed by atoms with E-state index in [1.165, 1.54) is 11.0 Å². The lowest BCUT2D eigenvalue weighted by molar-refractivity contribution is -0.121. The van der Waals surface area contributed by atoms with Crippen molar-refractivity contribution in [3.63, 3.8) is 0 Å². The zero-order chi connectivity index (χ0) is 36.5. The van der Waals surface area contributed by atoms with Gasteiger partial charge in [0.15, 0.2) is 5.82 Å². The Kier molecular flexibility index (Phi) is 9.87. The molecule has 52 heavy (non-hydrogen) atoms. The first kappa shape index (κ1) is 35.0. The number of carbonyl (C=O) groups is 3. The SMILES string of the molecule is C=CC(=O)n1c2ccccc2c2cc(C(=O)NCCOCCNC(=O)C[C@@H]3N=C(c4ccc(Cl)cc4)c4c(sc(C)c4C)-n4c(C)nnc43)ccc21. The van der Waals surface area contributed by atoms with Crippen molar-refractivity contribution >= 4 is 68.2 Å². The molecule has 0 fully saturated rings. The van der Waals surface area contributed by atoms with Gasteiger partial charge in [0.25, 0.3) is 11.8 Å². The van der Waals surface area contributed by atoms with Gasteiger partial charge < -0.3 is 15.4 Å². The third-order valence-corrected chi connectivity index (χ3v) is 10.6. The van der Waals surface area contributed by atoms with Crippen LogP contribution in [0.1, 0.15) is 60.8 Å². The Balaban J connectivity index is 0.950. The summed E-state index contributed by atoms with van der Waals surface area (Å²) in [6.07, 6.45) is 1.35. The predicted molar refractivity (Wildman–Crippen MR) is 204 cm³/mol. The minimum Gasteiger partial charge on any atom is -0.378 e. The molecule has 1 aliphatic rings. The predicted octanol–water partition coefficient (Wildman–Crippen LogP) is 6.69. The van der Waals surface area contributed by atoms with Crippen molar-refractivity contribution in [3.8, 4) is 5.00 Å². The molecule has 7 rings (SSSR count). The first-order valence-electron chi connectivity index (χ1n) is 16.8. The van der Waals surface area contributed by atoms with Gasteiger partial charge in [-0.25, -0.2) is 0 Å². The molecule has 2 N–H and O–H groups in total. The van der Waals surface area contributed by atoms with Crippen LogP contribution in [0, 0.1) is 20.8 Å². The minimum atomic E-state index is -0.569. The highest BCUT2D eigenvalue weighted by molar-refractivity contribution is 7.15. The van der Waals surface area contributed by atoms with E-state index < -0.39 is 6.04 Å². The Bertz CT molecular complexity index is 2410. The van der Waals surface area contributed by atoms with Gasteiger partial charge in [0.1, 0.15) is 16.9 Å². The Labute approximate surface area is 309 Å². The minimum absolute atomic E-state index is 0.0724. The molecule has 0 radical (unpaired) electrons. The zero-order valence-electron chi connectivity index (χ0n) is 28.9. The number of hydrogen-bond acceptors (Lipinski definition) is 8. The monoisotopic (exact) mass is 733 g/mol. The number of amides is 2. The molecule has 3 aromatic carbocycles. The van der Waals surface area contributed by atoms with E-state index in [1.54, 1.807) is 34.1 Å². The molecule has 0 spiro atoms. The summed E-state index contributed by atoms with van der Waals surface area (Å²) in [6.45, 7) is 10.8. The summed E-state index contributed by atoms with van der Waals surface area (Å²) in [4.78, 5) is 45.1. The van der Waals surface area contributed by atoms with Crippen LogP contribution >= 0.6 is 22.9 Å². The Morgan fingerprint density at radius 1 is 0.942 bits per heavy atom. The van der Waals surface area contributed by atoms with Crippen molar-refractivity contribution in [1.82, 2.24) is 30.0 Å². The average molecular weight is 734 g/mol. The van der Waals surface area contributed by atoms with E-state index in [0.717, 1.165) is 49.5 Å². The van der Waals surface area contributed by atoms with Crippen molar-refractivity contribution < 1.29 is 19.1 Å². The standard InChI is InChI=1S/C39H36ClN7O4S/c1-5-34(49)47-31-9-7-6-8-28(31)29-20-26(12-15-32(29)47)38(50)42-17-19-51-18-16-41-33(48)21-30-37-45-44-24(4)46(37)39-35(22(2)23(3)52-39)36(43-30)25-10-13-27(40)14-11-25/h5-15,20,30H,1,16-19,21H2,2-4H3,(H,41,48)(H,42,50)/t30-/m0/s1. The molecule has 11 nitrogen and oxygen atoms in total. The van der Waals surface area contributed by atoms with Crippen molar-refractivity contribution in [2.45, 2.75) is 33.2 Å². The fourth-order valence-electron chi connectivity index (χ4n) is 6.53. The van der Waals surface area contributed by atoms with Crippen molar-refractivity contribution in [1.29, 1.82) is 0 Å². The lowest BCUT2D eigenvalue weighted by Crippen LogP contribution is -2.31. The zero-order valence-corrected chi connectivity index (χ0v) is 30.5. The van der Waals surface area contributed by atoms with Gasteiger partial charge in [0.05, 0.1) is 36.4 Å². The number of nitrogens with one attached hydrogen (secondary N) is 2. The highest BCUT2D eigenvalue weighted by Gasteiger charge is 2.32. The molecule has 0 saturated carbocycles. The first-order valence-corrected chi connectivity index (χ1v) is 18.0. The van der Waals surface area contributed by atoms with Crippen LogP contribution in [-0.2, 0) is 9.53 Å². The van der Waals surface area contributed by atoms with Crippen LogP contribution in [0.25, 0.3) is 26.8 Å². The molecule has 1 atom stereocenters. The maximum Gasteiger partial charge on any atom is 0.254 e. The molecule has 264 valence electrons. The molecular weight excluding hydrogens is 698 g/mol. The largest absolute Gasteiger partial charge is 0.378 e. The summed E-state index contributed by atoms with van der Waals surface area (Å²) in [5.41, 5.74) is 5.76. The molecular formula is C39H36ClN7O4S. The maximum absolute atomic E-state index is 13.2. The quantitative estimate of drug-likeness (QED) is 0.113. The third-order valence-electron chi connectivity index (χ3n) is 9.17. The van der Waals surface area contributed by atoms with E-state index in [1.807, 2.05) is 60.0 Å². The number of hydrogen-bond donors (Lipinski definition) is 2. The van der Waals surface area contributed by atoms with Gasteiger partial charge in [-0.15, -0.1) is 21.5 Å². The van der Waals surface area contributed by atoms with Gasteiger partial charge >= 0.3 is 0 Å². The van der Waals surface area contributed by atoms with Crippen LogP contribution in [0.3, 0.4) is 0 Å². The second-order valence-corrected chi connectivity index (χ2v) is 14.1. The highest BCUT2D eigenvalue weighted by Crippen LogP contribution is 2.39. The van der Waals surface area contributed by atoms with Crippen LogP contribution < -0.4 is 10.6 Å². The molecule has 3 aromatic heterocycles. The Morgan fingerprint density at radius 3 is 2.44 bits per heavy atom. The number of halogens is 1. The van der Waals surface area contributed by atoms with Gasteiger partial charge in [-0.2, -0.15) is 0 Å². The molecule has 0 bridgehead atoms. The number of para-hydroxylation sites is 1. The second-order valence-electron chi connectivity index (χ2n) is 12.5. The van der Waals surface area contributed by atoms with Crippen LogP contribution in [-0.4, -0.2) is 69.1 Å². The lowest BCUT2D eigenvalue weighted by atomic mass is 9.99. The van der Waals surface area contributed by atoms with Crippen LogP contribution in [0.5, 0.6) is 0 Å². The Morgan fingerprint density at radius 2 is 1.67 bits per heavy atom. The van der Waals surface area contributed by atoms with Gasteiger partial charge in [-0.05, 0) is 68.8 Å². The van der Waals surface area contributed by atoms with Crippen molar-refractivity contribution in [2.24, 2.45) is 4.99 Å². The van der Waals surface area contributed by atoms with Crippen molar-refractivity contribution in [2.75, 3.05) is 26.3 Å². The summed E-state index contributed by atoms with van der Waals surface area (Å²) >= 11 is 7.87. The second kappa shape index (κ2) is 14.7. The fourth-order valence-corrected chi connectivity index (χ4v) is 7.87. The van der Waals surface area contributed by atoms with Crippen LogP contribution in [0.4, 0.5) is 0 Å². The number of ether oxygens (including phenoxy) is 1. The van der Waals surface area contributed by atoms with E-state index in [2.05, 4.69) is 41.3 Å². The number of benzene rings is 3. The summed E-state index contributed by atoms with van der Waals surface area (Å²) in [7, 11) is 0. The van der Waals surface area contributed by atoms with Crippen molar-refractivity contribution in [3.05, 3.63) is 123 Å². The number of aliphatic imine (C=N–C) groups is 1. The number of fused-ring (bicyclic) bond motifs is 6. The molecule has 1 aliphatic heterocycles. The van der Waals surface area contributed by atoms with E-state index in [0.29, 0.717) is 21.9 Å². The number of carbonyl (C=O) groups excluding carboxylic acids is 3. The summed E-state index contributed by atoms with van der Waals surface area (Å²) < 4.78 is 9.32. The third kappa shape index (κ3) is 6.56. The van der Waals surface area contributed by atoms with E-state index >= 15 is 0 Å². The Hall–Kier alpha value is -5.43. The van der Waals surface area contributed by atoms with E-state index in [-0.39, 0.29) is 50.4 Å². The molecule has 4 heterocycles. The van der Waals surface area contributed by atoms with E-state index in [9.17, 15) is 14.4 Å². The molecule has 6 aromatic rings. The molecule has 0 saturated heterocycles. The summed E-state index contributed by atoms with van der Waals surface area (Å²) in [5, 5.41) is 17.9. The number of nitrogens with zero attached hydrogens (tertiary/aromatic N) is 5. The topological polar surface area (TPSA) is 132 Å². The number of aryl methyl sites for hydroxylation is 2. The fraction of sp³-hybridized carbons (Fsp3) is 0.231. The van der Waals surface area contributed by atoms with Gasteiger partial charge in [0, 0.05) is 50.5 Å². The summed E-state index contributed by atoms with van der Waals surface area (Å²) in [6, 6.07) is 19.8. The number of aromatic nitrogens is 4. The number of rotatable bonds is 11. The van der Waals surface area contributed by atoms with Crippen LogP contribution in [0.15, 0.2) is 84.4 Å². The normalized spacial score (nSPS) is 13.7. The molecule has 0 unspecified atom stereocenters. The molecule has 2 amide bonds. The summed E-state index contributed by atoms with van der Waals surface area (Å²) in [5.74, 6) is 0.651. The highest BCUT2D eigenvalue weighted by atomic mass is 35.5.